The lowest BCUT2D eigenvalue weighted by molar-refractivity contribution is -0.133. The summed E-state index contributed by atoms with van der Waals surface area (Å²) in [4.78, 5) is 14.4. The molecule has 3 nitrogen and oxygen atoms in total. The van der Waals surface area contributed by atoms with Gasteiger partial charge in [-0.2, -0.15) is 0 Å². The van der Waals surface area contributed by atoms with E-state index in [9.17, 15) is 4.79 Å². The van der Waals surface area contributed by atoms with Gasteiger partial charge < -0.3 is 10.6 Å². The summed E-state index contributed by atoms with van der Waals surface area (Å²) >= 11 is 0. The summed E-state index contributed by atoms with van der Waals surface area (Å²) in [5.41, 5.74) is 9.54. The van der Waals surface area contributed by atoms with E-state index < -0.39 is 6.04 Å². The first-order valence-electron chi connectivity index (χ1n) is 6.92. The molecule has 1 amide bonds. The van der Waals surface area contributed by atoms with Crippen molar-refractivity contribution >= 4 is 5.91 Å². The highest BCUT2D eigenvalue weighted by atomic mass is 16.2. The fraction of sp³-hybridized carbons (Fsp3) is 0.235. The van der Waals surface area contributed by atoms with Crippen molar-refractivity contribution in [3.8, 4) is 0 Å². The van der Waals surface area contributed by atoms with Crippen molar-refractivity contribution in [1.82, 2.24) is 4.90 Å². The number of hydrogen-bond acceptors (Lipinski definition) is 2. The second-order valence-corrected chi connectivity index (χ2v) is 5.17. The van der Waals surface area contributed by atoms with Gasteiger partial charge in [0.1, 0.15) is 6.04 Å². The Morgan fingerprint density at radius 1 is 1.00 bits per heavy atom. The van der Waals surface area contributed by atoms with Crippen LogP contribution in [0.5, 0.6) is 0 Å². The molecule has 1 heterocycles. The Morgan fingerprint density at radius 2 is 1.65 bits per heavy atom. The molecule has 2 aromatic rings. The van der Waals surface area contributed by atoms with Crippen molar-refractivity contribution in [1.29, 1.82) is 0 Å². The number of nitrogens with two attached hydrogens (primary N) is 1. The van der Waals surface area contributed by atoms with Gasteiger partial charge in [0.15, 0.2) is 0 Å². The van der Waals surface area contributed by atoms with Gasteiger partial charge in [0.2, 0.25) is 5.91 Å². The molecule has 0 aromatic heterocycles. The fourth-order valence-electron chi connectivity index (χ4n) is 2.68. The van der Waals surface area contributed by atoms with Crippen LogP contribution in [0.3, 0.4) is 0 Å². The number of rotatable bonds is 2. The minimum atomic E-state index is -0.568. The number of hydrogen-bond donors (Lipinski definition) is 1. The molecule has 0 spiro atoms. The van der Waals surface area contributed by atoms with Crippen LogP contribution in [0.2, 0.25) is 0 Å². The molecule has 1 aliphatic rings. The average molecular weight is 266 g/mol. The predicted molar refractivity (Wildman–Crippen MR) is 78.9 cm³/mol. The summed E-state index contributed by atoms with van der Waals surface area (Å²) in [6.45, 7) is 1.41. The van der Waals surface area contributed by atoms with Crippen LogP contribution in [0, 0.1) is 0 Å². The fourth-order valence-corrected chi connectivity index (χ4v) is 2.68. The molecule has 0 saturated carbocycles. The van der Waals surface area contributed by atoms with Gasteiger partial charge in [0.05, 0.1) is 0 Å². The molecular formula is C17H18N2O. The molecule has 2 aromatic carbocycles. The van der Waals surface area contributed by atoms with Gasteiger partial charge in [-0.1, -0.05) is 54.6 Å². The van der Waals surface area contributed by atoms with E-state index in [0.29, 0.717) is 6.54 Å². The monoisotopic (exact) mass is 266 g/mol. The van der Waals surface area contributed by atoms with E-state index in [0.717, 1.165) is 18.5 Å². The van der Waals surface area contributed by atoms with Crippen LogP contribution in [0.4, 0.5) is 0 Å². The highest BCUT2D eigenvalue weighted by molar-refractivity contribution is 5.83. The van der Waals surface area contributed by atoms with Gasteiger partial charge in [0, 0.05) is 13.1 Å². The first kappa shape index (κ1) is 12.9. The van der Waals surface area contributed by atoms with Crippen LogP contribution in [-0.2, 0) is 17.8 Å². The van der Waals surface area contributed by atoms with Crippen LogP contribution in [0.25, 0.3) is 0 Å². The van der Waals surface area contributed by atoms with Gasteiger partial charge in [-0.25, -0.2) is 0 Å². The lowest BCUT2D eigenvalue weighted by Gasteiger charge is -2.31. The van der Waals surface area contributed by atoms with E-state index in [-0.39, 0.29) is 5.91 Å². The third-order valence-corrected chi connectivity index (χ3v) is 3.87. The topological polar surface area (TPSA) is 46.3 Å². The van der Waals surface area contributed by atoms with E-state index in [2.05, 4.69) is 12.1 Å². The highest BCUT2D eigenvalue weighted by Gasteiger charge is 2.25. The first-order chi connectivity index (χ1) is 9.75. The van der Waals surface area contributed by atoms with Gasteiger partial charge in [-0.3, -0.25) is 4.79 Å². The van der Waals surface area contributed by atoms with E-state index in [1.54, 1.807) is 0 Å². The molecule has 3 rings (SSSR count). The Morgan fingerprint density at radius 3 is 2.40 bits per heavy atom. The largest absolute Gasteiger partial charge is 0.336 e. The molecule has 0 aliphatic carbocycles. The molecule has 20 heavy (non-hydrogen) atoms. The number of carbonyl (C=O) groups excluding carboxylic acids is 1. The summed E-state index contributed by atoms with van der Waals surface area (Å²) in [5.74, 6) is 0.00528. The zero-order chi connectivity index (χ0) is 13.9. The molecule has 102 valence electrons. The summed E-state index contributed by atoms with van der Waals surface area (Å²) in [7, 11) is 0. The first-order valence-corrected chi connectivity index (χ1v) is 6.92. The maximum Gasteiger partial charge on any atom is 0.244 e. The second kappa shape index (κ2) is 5.47. The van der Waals surface area contributed by atoms with E-state index in [1.807, 2.05) is 47.4 Å². The molecule has 2 N–H and O–H groups in total. The molecule has 1 atom stereocenters. The number of fused-ring (bicyclic) bond motifs is 1. The zero-order valence-corrected chi connectivity index (χ0v) is 11.3. The van der Waals surface area contributed by atoms with Crippen LogP contribution < -0.4 is 5.73 Å². The number of amides is 1. The summed E-state index contributed by atoms with van der Waals surface area (Å²) < 4.78 is 0. The van der Waals surface area contributed by atoms with Crippen LogP contribution >= 0.6 is 0 Å². The normalized spacial score (nSPS) is 15.6. The lowest BCUT2D eigenvalue weighted by Crippen LogP contribution is -2.41. The third-order valence-electron chi connectivity index (χ3n) is 3.87. The van der Waals surface area contributed by atoms with Crippen molar-refractivity contribution in [3.63, 3.8) is 0 Å². The van der Waals surface area contributed by atoms with Crippen molar-refractivity contribution in [2.45, 2.75) is 19.0 Å². The molecule has 0 bridgehead atoms. The minimum Gasteiger partial charge on any atom is -0.336 e. The Bertz CT molecular complexity index is 609. The van der Waals surface area contributed by atoms with Crippen LogP contribution in [0.1, 0.15) is 22.7 Å². The Balaban J connectivity index is 1.76. The maximum absolute atomic E-state index is 12.5. The standard InChI is InChI=1S/C17H18N2O/c18-16(14-7-2-1-3-8-14)17(20)19-11-10-13-6-4-5-9-15(13)12-19/h1-9,16H,10-12,18H2/t16-/m0/s1. The van der Waals surface area contributed by atoms with Crippen LogP contribution in [0.15, 0.2) is 54.6 Å². The number of benzene rings is 2. The van der Waals surface area contributed by atoms with E-state index >= 15 is 0 Å². The second-order valence-electron chi connectivity index (χ2n) is 5.17. The van der Waals surface area contributed by atoms with Crippen molar-refractivity contribution in [2.75, 3.05) is 6.54 Å². The van der Waals surface area contributed by atoms with Crippen molar-refractivity contribution in [3.05, 3.63) is 71.3 Å². The predicted octanol–water partition coefficient (Wildman–Crippen LogP) is 2.27. The van der Waals surface area contributed by atoms with Gasteiger partial charge in [0.25, 0.3) is 0 Å². The summed E-state index contributed by atoms with van der Waals surface area (Å²) in [6.07, 6.45) is 0.906. The highest BCUT2D eigenvalue weighted by Crippen LogP contribution is 2.21. The third kappa shape index (κ3) is 2.45. The summed E-state index contributed by atoms with van der Waals surface area (Å²) in [6, 6.07) is 17.3. The number of carbonyl (C=O) groups is 1. The summed E-state index contributed by atoms with van der Waals surface area (Å²) in [5, 5.41) is 0. The smallest absolute Gasteiger partial charge is 0.244 e. The van der Waals surface area contributed by atoms with E-state index in [4.69, 9.17) is 5.73 Å². The quantitative estimate of drug-likeness (QED) is 0.906. The molecule has 0 unspecified atom stereocenters. The number of nitrogens with zero attached hydrogens (tertiary/aromatic N) is 1. The Hall–Kier alpha value is -2.13. The van der Waals surface area contributed by atoms with Crippen molar-refractivity contribution < 1.29 is 4.79 Å². The Labute approximate surface area is 119 Å². The SMILES string of the molecule is N[C@H](C(=O)N1CCc2ccccc2C1)c1ccccc1. The molecule has 1 aliphatic heterocycles. The van der Waals surface area contributed by atoms with Gasteiger partial charge in [-0.05, 0) is 23.1 Å². The van der Waals surface area contributed by atoms with Crippen LogP contribution in [-0.4, -0.2) is 17.4 Å². The molecule has 0 fully saturated rings. The average Bonchev–Trinajstić information content (AvgIpc) is 2.54. The lowest BCUT2D eigenvalue weighted by atomic mass is 9.98. The van der Waals surface area contributed by atoms with Crippen molar-refractivity contribution in [2.24, 2.45) is 5.73 Å². The molecule has 3 heteroatoms. The van der Waals surface area contributed by atoms with E-state index in [1.165, 1.54) is 11.1 Å². The Kier molecular flexibility index (Phi) is 3.52. The van der Waals surface area contributed by atoms with Gasteiger partial charge in [-0.15, -0.1) is 0 Å². The van der Waals surface area contributed by atoms with Gasteiger partial charge >= 0.3 is 0 Å². The maximum atomic E-state index is 12.5. The zero-order valence-electron chi connectivity index (χ0n) is 11.3. The molecule has 0 radical (unpaired) electrons. The minimum absolute atomic E-state index is 0.00528. The molecule has 0 saturated heterocycles. The molecular weight excluding hydrogens is 248 g/mol.